The Hall–Kier alpha value is -7.36. The zero-order valence-electron chi connectivity index (χ0n) is 30.5. The Morgan fingerprint density at radius 3 is 1.64 bits per heavy atom. The number of hydrogen-bond donors (Lipinski definition) is 0. The molecule has 56 heavy (non-hydrogen) atoms. The topological polar surface area (TPSA) is 30.7 Å². The summed E-state index contributed by atoms with van der Waals surface area (Å²) in [6, 6.07) is 76.1. The fraction of sp³-hybridized carbons (Fsp3) is 0.0189. The maximum Gasteiger partial charge on any atom is 0.235 e. The highest BCUT2D eigenvalue weighted by Gasteiger charge is 2.47. The minimum absolute atomic E-state index is 0.528. The van der Waals surface area contributed by atoms with Crippen molar-refractivity contribution in [2.45, 2.75) is 5.41 Å². The molecule has 0 fully saturated rings. The van der Waals surface area contributed by atoms with Crippen molar-refractivity contribution < 1.29 is 0 Å². The van der Waals surface area contributed by atoms with Gasteiger partial charge in [-0.15, -0.1) is 0 Å². The van der Waals surface area contributed by atoms with E-state index in [2.05, 4.69) is 217 Å². The van der Waals surface area contributed by atoms with Crippen LogP contribution in [-0.2, 0) is 5.41 Å². The highest BCUT2D eigenvalue weighted by atomic mass is 15.2. The Kier molecular flexibility index (Phi) is 7.39. The molecule has 0 saturated carbocycles. The van der Waals surface area contributed by atoms with Gasteiger partial charge in [-0.05, 0) is 57.1 Å². The minimum atomic E-state index is -0.528. The molecule has 0 aliphatic heterocycles. The van der Waals surface area contributed by atoms with Crippen LogP contribution in [0.2, 0.25) is 0 Å². The third-order valence-electron chi connectivity index (χ3n) is 11.5. The van der Waals surface area contributed by atoms with E-state index in [-0.39, 0.29) is 0 Å². The third-order valence-corrected chi connectivity index (χ3v) is 11.5. The lowest BCUT2D eigenvalue weighted by Crippen LogP contribution is -2.28. The maximum atomic E-state index is 5.49. The Bertz CT molecular complexity index is 3020. The first-order chi connectivity index (χ1) is 27.8. The Morgan fingerprint density at radius 2 is 0.929 bits per heavy atom. The van der Waals surface area contributed by atoms with E-state index in [0.29, 0.717) is 5.95 Å². The van der Waals surface area contributed by atoms with Crippen LogP contribution in [0.1, 0.15) is 22.3 Å². The monoisotopic (exact) mass is 713 g/mol. The molecule has 2 aromatic heterocycles. The molecular weight excluding hydrogens is 679 g/mol. The number of benzene rings is 8. The van der Waals surface area contributed by atoms with Gasteiger partial charge in [0.25, 0.3) is 0 Å². The van der Waals surface area contributed by atoms with Crippen molar-refractivity contribution in [1.29, 1.82) is 0 Å². The minimum Gasteiger partial charge on any atom is -0.277 e. The second-order valence-corrected chi connectivity index (χ2v) is 14.5. The normalized spacial score (nSPS) is 12.8. The van der Waals surface area contributed by atoms with Crippen LogP contribution in [0, 0.1) is 0 Å². The molecule has 11 rings (SSSR count). The van der Waals surface area contributed by atoms with E-state index in [4.69, 9.17) is 9.97 Å². The number of nitrogens with zero attached hydrogens (tertiary/aromatic N) is 3. The number of rotatable bonds is 6. The predicted molar refractivity (Wildman–Crippen MR) is 230 cm³/mol. The van der Waals surface area contributed by atoms with E-state index in [1.807, 2.05) is 0 Å². The van der Waals surface area contributed by atoms with E-state index in [0.717, 1.165) is 39.1 Å². The second kappa shape index (κ2) is 12.9. The molecule has 0 spiro atoms. The van der Waals surface area contributed by atoms with Crippen molar-refractivity contribution in [2.24, 2.45) is 0 Å². The van der Waals surface area contributed by atoms with Gasteiger partial charge in [0.1, 0.15) is 0 Å². The van der Waals surface area contributed by atoms with E-state index >= 15 is 0 Å². The summed E-state index contributed by atoms with van der Waals surface area (Å²) in [6.07, 6.45) is 0. The number of aromatic nitrogens is 3. The zero-order chi connectivity index (χ0) is 37.1. The highest BCUT2D eigenvalue weighted by molar-refractivity contribution is 6.16. The van der Waals surface area contributed by atoms with Crippen LogP contribution in [0.15, 0.2) is 212 Å². The molecule has 0 atom stereocenters. The first-order valence-corrected chi connectivity index (χ1v) is 19.2. The van der Waals surface area contributed by atoms with Crippen LogP contribution < -0.4 is 0 Å². The van der Waals surface area contributed by atoms with Crippen molar-refractivity contribution in [2.75, 3.05) is 0 Å². The van der Waals surface area contributed by atoms with E-state index < -0.39 is 5.41 Å². The van der Waals surface area contributed by atoms with Crippen molar-refractivity contribution in [3.8, 4) is 50.7 Å². The lowest BCUT2D eigenvalue weighted by molar-refractivity contribution is 0.769. The third kappa shape index (κ3) is 4.84. The molecule has 0 radical (unpaired) electrons. The number of hydrogen-bond acceptors (Lipinski definition) is 2. The van der Waals surface area contributed by atoms with E-state index in [9.17, 15) is 0 Å². The lowest BCUT2D eigenvalue weighted by atomic mass is 9.67. The van der Waals surface area contributed by atoms with Crippen LogP contribution in [-0.4, -0.2) is 14.5 Å². The quantitative estimate of drug-likeness (QED) is 0.172. The van der Waals surface area contributed by atoms with Gasteiger partial charge in [-0.3, -0.25) is 4.57 Å². The molecule has 0 amide bonds. The molecule has 3 heteroatoms. The van der Waals surface area contributed by atoms with Crippen LogP contribution in [0.3, 0.4) is 0 Å². The van der Waals surface area contributed by atoms with Gasteiger partial charge in [0, 0.05) is 27.5 Å². The average molecular weight is 714 g/mol. The average Bonchev–Trinajstić information content (AvgIpc) is 3.78. The molecule has 1 aliphatic rings. The standard InChI is InChI=1S/C53H35N3/c1-5-18-36(19-6-1)38-22-17-23-39(34-38)48-35-47(37-20-7-2-8-21-37)54-52(55-48)56-49-31-16-14-28-42(49)43-32-33-46-50(51(43)56)44-29-13-15-30-45(44)53(46,40-24-9-3-10-25-40)41-26-11-4-12-27-41/h1-35H. The fourth-order valence-corrected chi connectivity index (χ4v) is 9.12. The molecular formula is C53H35N3. The van der Waals surface area contributed by atoms with Gasteiger partial charge in [-0.1, -0.05) is 194 Å². The number of fused-ring (bicyclic) bond motifs is 7. The van der Waals surface area contributed by atoms with Crippen LogP contribution >= 0.6 is 0 Å². The molecule has 0 bridgehead atoms. The van der Waals surface area contributed by atoms with Crippen molar-refractivity contribution in [3.63, 3.8) is 0 Å². The Morgan fingerprint density at radius 1 is 0.375 bits per heavy atom. The largest absolute Gasteiger partial charge is 0.277 e. The predicted octanol–water partition coefficient (Wildman–Crippen LogP) is 12.9. The molecule has 3 nitrogen and oxygen atoms in total. The zero-order valence-corrected chi connectivity index (χ0v) is 30.5. The van der Waals surface area contributed by atoms with Gasteiger partial charge in [-0.2, -0.15) is 0 Å². The second-order valence-electron chi connectivity index (χ2n) is 14.5. The summed E-state index contributed by atoms with van der Waals surface area (Å²) in [5.41, 5.74) is 15.2. The van der Waals surface area contributed by atoms with Gasteiger partial charge in [-0.25, -0.2) is 9.97 Å². The van der Waals surface area contributed by atoms with Gasteiger partial charge in [0.2, 0.25) is 5.95 Å². The van der Waals surface area contributed by atoms with Gasteiger partial charge < -0.3 is 0 Å². The molecule has 0 unspecified atom stereocenters. The number of para-hydroxylation sites is 1. The van der Waals surface area contributed by atoms with Crippen LogP contribution in [0.5, 0.6) is 0 Å². The van der Waals surface area contributed by atoms with Gasteiger partial charge >= 0.3 is 0 Å². The van der Waals surface area contributed by atoms with Crippen molar-refractivity contribution in [3.05, 3.63) is 235 Å². The molecule has 0 saturated heterocycles. The van der Waals surface area contributed by atoms with E-state index in [1.165, 1.54) is 49.7 Å². The summed E-state index contributed by atoms with van der Waals surface area (Å²) in [7, 11) is 0. The summed E-state index contributed by atoms with van der Waals surface area (Å²) in [5, 5.41) is 2.34. The summed E-state index contributed by atoms with van der Waals surface area (Å²) in [6.45, 7) is 0. The SMILES string of the molecule is c1ccc(-c2cccc(-c3cc(-c4ccccc4)nc(-n4c5ccccc5c5ccc6c(c54)-c4ccccc4C6(c4ccccc4)c4ccccc4)n3)c2)cc1. The van der Waals surface area contributed by atoms with Crippen LogP contribution in [0.25, 0.3) is 72.5 Å². The summed E-state index contributed by atoms with van der Waals surface area (Å²) in [5.74, 6) is 0.639. The molecule has 1 aliphatic carbocycles. The lowest BCUT2D eigenvalue weighted by Gasteiger charge is -2.33. The maximum absolute atomic E-state index is 5.49. The van der Waals surface area contributed by atoms with Crippen molar-refractivity contribution >= 4 is 21.8 Å². The van der Waals surface area contributed by atoms with Gasteiger partial charge in [0.05, 0.1) is 27.8 Å². The summed E-state index contributed by atoms with van der Waals surface area (Å²) < 4.78 is 2.32. The summed E-state index contributed by atoms with van der Waals surface area (Å²) >= 11 is 0. The Labute approximate surface area is 325 Å². The Balaban J connectivity index is 1.25. The first kappa shape index (κ1) is 32.1. The summed E-state index contributed by atoms with van der Waals surface area (Å²) in [4.78, 5) is 10.9. The molecule has 10 aromatic rings. The smallest absolute Gasteiger partial charge is 0.235 e. The molecule has 0 N–H and O–H groups in total. The first-order valence-electron chi connectivity index (χ1n) is 19.2. The van der Waals surface area contributed by atoms with Crippen molar-refractivity contribution in [1.82, 2.24) is 14.5 Å². The van der Waals surface area contributed by atoms with Crippen LogP contribution in [0.4, 0.5) is 0 Å². The van der Waals surface area contributed by atoms with E-state index in [1.54, 1.807) is 0 Å². The molecule has 262 valence electrons. The van der Waals surface area contributed by atoms with Gasteiger partial charge in [0.15, 0.2) is 0 Å². The molecule has 8 aromatic carbocycles. The highest BCUT2D eigenvalue weighted by Crippen LogP contribution is 2.58. The molecule has 2 heterocycles. The fourth-order valence-electron chi connectivity index (χ4n) is 9.12.